The van der Waals surface area contributed by atoms with Crippen molar-refractivity contribution in [2.75, 3.05) is 50.0 Å². The minimum absolute atomic E-state index is 0.824. The van der Waals surface area contributed by atoms with Crippen molar-refractivity contribution in [3.8, 4) is 22.8 Å². The van der Waals surface area contributed by atoms with Crippen LogP contribution in [0.15, 0.2) is 24.4 Å². The predicted molar refractivity (Wildman–Crippen MR) is 163 cm³/mol. The third-order valence-corrected chi connectivity index (χ3v) is 7.19. The molecule has 6 nitrogen and oxygen atoms in total. The van der Waals surface area contributed by atoms with Gasteiger partial charge in [0, 0.05) is 59.1 Å². The van der Waals surface area contributed by atoms with Crippen molar-refractivity contribution in [3.05, 3.63) is 35.5 Å². The summed E-state index contributed by atoms with van der Waals surface area (Å²) in [5.74, 6) is 5.49. The first-order chi connectivity index (χ1) is 18.0. The van der Waals surface area contributed by atoms with E-state index >= 15 is 0 Å². The number of methoxy groups -OCH3 is 2. The number of hydrogen-bond acceptors (Lipinski definition) is 7. The van der Waals surface area contributed by atoms with Gasteiger partial charge in [0.05, 0.1) is 19.9 Å². The Morgan fingerprint density at radius 2 is 1.54 bits per heavy atom. The van der Waals surface area contributed by atoms with Crippen molar-refractivity contribution in [1.82, 2.24) is 9.97 Å². The van der Waals surface area contributed by atoms with E-state index in [1.54, 1.807) is 14.2 Å². The highest BCUT2D eigenvalue weighted by Crippen LogP contribution is 2.41. The molecule has 0 saturated heterocycles. The van der Waals surface area contributed by atoms with Crippen LogP contribution in [0.25, 0.3) is 22.0 Å². The van der Waals surface area contributed by atoms with Gasteiger partial charge in [-0.25, -0.2) is 9.97 Å². The van der Waals surface area contributed by atoms with Gasteiger partial charge in [0.2, 0.25) is 0 Å². The van der Waals surface area contributed by atoms with Crippen molar-refractivity contribution >= 4 is 34.2 Å². The van der Waals surface area contributed by atoms with Gasteiger partial charge in [0.15, 0.2) is 0 Å². The molecule has 3 aromatic rings. The molecule has 0 aliphatic carbocycles. The van der Waals surface area contributed by atoms with Crippen molar-refractivity contribution in [3.63, 3.8) is 0 Å². The molecule has 0 radical (unpaired) electrons. The first-order valence-electron chi connectivity index (χ1n) is 13.6. The van der Waals surface area contributed by atoms with Crippen LogP contribution in [0, 0.1) is 0 Å². The summed E-state index contributed by atoms with van der Waals surface area (Å²) in [4.78, 5) is 9.67. The van der Waals surface area contributed by atoms with Gasteiger partial charge in [-0.2, -0.15) is 11.8 Å². The van der Waals surface area contributed by atoms with Gasteiger partial charge in [-0.1, -0.05) is 53.9 Å². The molecule has 0 fully saturated rings. The molecule has 0 amide bonds. The fourth-order valence-corrected chi connectivity index (χ4v) is 4.92. The Kier molecular flexibility index (Phi) is 13.4. The van der Waals surface area contributed by atoms with Gasteiger partial charge in [-0.05, 0) is 30.7 Å². The van der Waals surface area contributed by atoms with Gasteiger partial charge < -0.3 is 20.1 Å². The molecular weight excluding hydrogens is 480 g/mol. The van der Waals surface area contributed by atoms with Gasteiger partial charge in [0.1, 0.15) is 23.1 Å². The first kappa shape index (κ1) is 30.6. The van der Waals surface area contributed by atoms with E-state index in [1.807, 2.05) is 31.1 Å². The minimum Gasteiger partial charge on any atom is -0.496 e. The molecular formula is C30H46N4O2S. The summed E-state index contributed by atoms with van der Waals surface area (Å²) >= 11 is 1.91. The van der Waals surface area contributed by atoms with E-state index in [0.29, 0.717) is 0 Å². The Morgan fingerprint density at radius 1 is 0.892 bits per heavy atom. The quantitative estimate of drug-likeness (QED) is 0.220. The minimum atomic E-state index is 0.824. The summed E-state index contributed by atoms with van der Waals surface area (Å²) in [5.41, 5.74) is 4.29. The zero-order valence-electron chi connectivity index (χ0n) is 24.1. The molecule has 0 atom stereocenters. The maximum atomic E-state index is 5.73. The summed E-state index contributed by atoms with van der Waals surface area (Å²) in [5, 5.41) is 8.80. The smallest absolute Gasteiger partial charge is 0.134 e. The van der Waals surface area contributed by atoms with E-state index in [1.165, 1.54) is 19.3 Å². The molecule has 0 saturated carbocycles. The predicted octanol–water partition coefficient (Wildman–Crippen LogP) is 7.84. The molecule has 2 aromatic heterocycles. The molecule has 0 aliphatic rings. The van der Waals surface area contributed by atoms with Crippen molar-refractivity contribution in [2.45, 2.75) is 66.7 Å². The SMILES string of the molecule is CCCCC.CCSCCNc1nc(-c2c(CC)c(OC)cc(OC)c2CC)cc2cnc(NC)cc12. The number of hydrogen-bond donors (Lipinski definition) is 2. The van der Waals surface area contributed by atoms with Crippen LogP contribution in [-0.4, -0.2) is 49.3 Å². The van der Waals surface area contributed by atoms with E-state index in [2.05, 4.69) is 62.4 Å². The van der Waals surface area contributed by atoms with E-state index in [-0.39, 0.29) is 0 Å². The highest BCUT2D eigenvalue weighted by atomic mass is 32.2. The first-order valence-corrected chi connectivity index (χ1v) is 14.8. The van der Waals surface area contributed by atoms with Gasteiger partial charge >= 0.3 is 0 Å². The maximum Gasteiger partial charge on any atom is 0.134 e. The molecule has 0 aliphatic heterocycles. The van der Waals surface area contributed by atoms with Crippen LogP contribution >= 0.6 is 11.8 Å². The maximum absolute atomic E-state index is 5.73. The Hall–Kier alpha value is -2.67. The number of rotatable bonds is 13. The topological polar surface area (TPSA) is 68.3 Å². The van der Waals surface area contributed by atoms with Crippen molar-refractivity contribution in [1.29, 1.82) is 0 Å². The zero-order chi connectivity index (χ0) is 27.2. The molecule has 1 aromatic carbocycles. The second-order valence-corrected chi connectivity index (χ2v) is 10.1. The molecule has 0 spiro atoms. The Bertz CT molecular complexity index is 1090. The van der Waals surface area contributed by atoms with Gasteiger partial charge in [0.25, 0.3) is 0 Å². The molecule has 3 rings (SSSR count). The zero-order valence-corrected chi connectivity index (χ0v) is 24.9. The average molecular weight is 527 g/mol. The summed E-state index contributed by atoms with van der Waals surface area (Å²) in [7, 11) is 5.29. The number of aromatic nitrogens is 2. The summed E-state index contributed by atoms with van der Waals surface area (Å²) < 4.78 is 11.5. The van der Waals surface area contributed by atoms with E-state index in [9.17, 15) is 0 Å². The lowest BCUT2D eigenvalue weighted by molar-refractivity contribution is 0.389. The lowest BCUT2D eigenvalue weighted by atomic mass is 9.92. The monoisotopic (exact) mass is 526 g/mol. The Labute approximate surface area is 228 Å². The molecule has 2 heterocycles. The molecule has 0 unspecified atom stereocenters. The number of anilines is 2. The lowest BCUT2D eigenvalue weighted by Gasteiger charge is -2.21. The Morgan fingerprint density at radius 3 is 2.03 bits per heavy atom. The summed E-state index contributed by atoms with van der Waals surface area (Å²) in [6.07, 6.45) is 7.66. The van der Waals surface area contributed by atoms with Crippen LogP contribution in [0.4, 0.5) is 11.6 Å². The molecule has 0 bridgehead atoms. The number of nitrogens with zero attached hydrogens (tertiary/aromatic N) is 2. The number of ether oxygens (including phenoxy) is 2. The standard InChI is InChI=1S/C25H34N4O2S.C5H12/c1-7-17-21(30-5)14-22(31-6)18(8-2)24(17)20-12-16-15-28-23(26-4)13-19(16)25(29-20)27-10-11-32-9-3;1-3-5-4-2/h12-15H,7-11H2,1-6H3,(H,26,28)(H,27,29);3-5H2,1-2H3. The van der Waals surface area contributed by atoms with E-state index < -0.39 is 0 Å². The van der Waals surface area contributed by atoms with Crippen LogP contribution in [0.2, 0.25) is 0 Å². The number of pyridine rings is 2. The fraction of sp³-hybridized carbons (Fsp3) is 0.533. The van der Waals surface area contributed by atoms with Crippen molar-refractivity contribution < 1.29 is 9.47 Å². The highest BCUT2D eigenvalue weighted by Gasteiger charge is 2.21. The van der Waals surface area contributed by atoms with Gasteiger partial charge in [-0.15, -0.1) is 0 Å². The number of fused-ring (bicyclic) bond motifs is 1. The van der Waals surface area contributed by atoms with Crippen LogP contribution < -0.4 is 20.1 Å². The third kappa shape index (κ3) is 7.91. The molecule has 204 valence electrons. The summed E-state index contributed by atoms with van der Waals surface area (Å²) in [6.45, 7) is 11.8. The Balaban J connectivity index is 0.000000877. The molecule has 7 heteroatoms. The third-order valence-electron chi connectivity index (χ3n) is 6.28. The molecule has 37 heavy (non-hydrogen) atoms. The molecule has 2 N–H and O–H groups in total. The van der Waals surface area contributed by atoms with E-state index in [4.69, 9.17) is 14.5 Å². The van der Waals surface area contributed by atoms with Crippen LogP contribution in [0.3, 0.4) is 0 Å². The average Bonchev–Trinajstić information content (AvgIpc) is 2.94. The van der Waals surface area contributed by atoms with Gasteiger partial charge in [-0.3, -0.25) is 0 Å². The second-order valence-electron chi connectivity index (χ2n) is 8.69. The lowest BCUT2D eigenvalue weighted by Crippen LogP contribution is -2.09. The van der Waals surface area contributed by atoms with E-state index in [0.717, 1.165) is 87.2 Å². The second kappa shape index (κ2) is 16.2. The summed E-state index contributed by atoms with van der Waals surface area (Å²) in [6, 6.07) is 6.17. The van der Waals surface area contributed by atoms with Crippen molar-refractivity contribution in [2.24, 2.45) is 0 Å². The largest absolute Gasteiger partial charge is 0.496 e. The number of unbranched alkanes of at least 4 members (excludes halogenated alkanes) is 2. The van der Waals surface area contributed by atoms with Crippen LogP contribution in [0.5, 0.6) is 11.5 Å². The number of thioether (sulfide) groups is 1. The normalized spacial score (nSPS) is 10.6. The van der Waals surface area contributed by atoms with Crippen LogP contribution in [-0.2, 0) is 12.8 Å². The van der Waals surface area contributed by atoms with Crippen LogP contribution in [0.1, 0.15) is 65.0 Å². The fourth-order valence-electron chi connectivity index (χ4n) is 4.38. The number of benzene rings is 1. The number of nitrogens with one attached hydrogen (secondary N) is 2. The highest BCUT2D eigenvalue weighted by molar-refractivity contribution is 7.99.